The number of carbonyl (C=O) groups is 2. The lowest BCUT2D eigenvalue weighted by molar-refractivity contribution is -0.229. The van der Waals surface area contributed by atoms with Gasteiger partial charge in [0.05, 0.1) is 17.9 Å². The van der Waals surface area contributed by atoms with Gasteiger partial charge in [0.15, 0.2) is 0 Å². The lowest BCUT2D eigenvalue weighted by Gasteiger charge is -2.68. The molecule has 0 aliphatic heterocycles. The van der Waals surface area contributed by atoms with Gasteiger partial charge in [-0.15, -0.1) is 0 Å². The van der Waals surface area contributed by atoms with Crippen molar-refractivity contribution in [2.75, 3.05) is 12.8 Å². The number of nitrogen functional groups attached to an aromatic ring is 1. The van der Waals surface area contributed by atoms with Crippen LogP contribution in [0.25, 0.3) is 0 Å². The van der Waals surface area contributed by atoms with Crippen molar-refractivity contribution in [1.82, 2.24) is 0 Å². The Morgan fingerprint density at radius 1 is 0.970 bits per heavy atom. The molecule has 1 atom stereocenters. The number of methoxy groups -OCH3 is 1. The number of rotatable bonds is 5. The first-order valence-corrected chi connectivity index (χ1v) is 11.9. The summed E-state index contributed by atoms with van der Waals surface area (Å²) in [6.07, 6.45) is 1.26. The SMILES string of the molecule is COC(=O)C(C)(C(C)(C)C)C(C)(C)C1(C)CC(C(=O)Oc2ccc(N)cc2C)(C(C)(C)C)C1. The van der Waals surface area contributed by atoms with Gasteiger partial charge in [0.2, 0.25) is 0 Å². The monoisotopic (exact) mass is 459 g/mol. The van der Waals surface area contributed by atoms with E-state index in [1.54, 1.807) is 12.1 Å². The third kappa shape index (κ3) is 3.95. The summed E-state index contributed by atoms with van der Waals surface area (Å²) in [5, 5.41) is 0. The van der Waals surface area contributed by atoms with Crippen LogP contribution in [0.3, 0.4) is 0 Å². The first-order chi connectivity index (χ1) is 14.7. The van der Waals surface area contributed by atoms with E-state index in [0.29, 0.717) is 24.3 Å². The zero-order valence-corrected chi connectivity index (χ0v) is 22.9. The van der Waals surface area contributed by atoms with Gasteiger partial charge in [0.1, 0.15) is 5.75 Å². The zero-order valence-electron chi connectivity index (χ0n) is 22.9. The molecular weight excluding hydrogens is 414 g/mol. The van der Waals surface area contributed by atoms with Crippen LogP contribution in [-0.4, -0.2) is 19.0 Å². The number of anilines is 1. The summed E-state index contributed by atoms with van der Waals surface area (Å²) >= 11 is 0. The quantitative estimate of drug-likeness (QED) is 0.306. The second-order valence-electron chi connectivity index (χ2n) is 13.2. The van der Waals surface area contributed by atoms with Crippen LogP contribution in [0.1, 0.15) is 87.6 Å². The molecule has 0 amide bonds. The molecule has 5 heteroatoms. The Labute approximate surface area is 200 Å². The Kier molecular flexibility index (Phi) is 6.62. The van der Waals surface area contributed by atoms with E-state index in [9.17, 15) is 9.59 Å². The molecule has 2 rings (SSSR count). The van der Waals surface area contributed by atoms with E-state index >= 15 is 0 Å². The molecule has 1 aromatic carbocycles. The molecule has 33 heavy (non-hydrogen) atoms. The highest BCUT2D eigenvalue weighted by Crippen LogP contribution is 2.73. The van der Waals surface area contributed by atoms with Gasteiger partial charge >= 0.3 is 11.9 Å². The van der Waals surface area contributed by atoms with E-state index in [4.69, 9.17) is 15.2 Å². The standard InChI is InChI=1S/C28H45NO4/c1-18-15-19(29)13-14-20(18)33-22(31)28(24(5,6)7)16-26(10,17-28)25(8,9)27(11,21(30)32-12)23(2,3)4/h13-15H,16-17,29H2,1-12H3. The van der Waals surface area contributed by atoms with Crippen LogP contribution < -0.4 is 10.5 Å². The van der Waals surface area contributed by atoms with Crippen molar-refractivity contribution in [3.05, 3.63) is 23.8 Å². The van der Waals surface area contributed by atoms with E-state index < -0.39 is 16.2 Å². The van der Waals surface area contributed by atoms with Gasteiger partial charge in [-0.3, -0.25) is 9.59 Å². The van der Waals surface area contributed by atoms with Gasteiger partial charge in [-0.05, 0) is 72.1 Å². The summed E-state index contributed by atoms with van der Waals surface area (Å²) in [6, 6.07) is 5.32. The second kappa shape index (κ2) is 8.02. The largest absolute Gasteiger partial charge is 0.469 e. The second-order valence-corrected chi connectivity index (χ2v) is 13.2. The topological polar surface area (TPSA) is 78.6 Å². The highest BCUT2D eigenvalue weighted by molar-refractivity contribution is 5.83. The predicted octanol–water partition coefficient (Wildman–Crippen LogP) is 6.57. The maximum Gasteiger partial charge on any atom is 0.318 e. The smallest absolute Gasteiger partial charge is 0.318 e. The lowest BCUT2D eigenvalue weighted by atomic mass is 9.34. The summed E-state index contributed by atoms with van der Waals surface area (Å²) in [4.78, 5) is 26.9. The predicted molar refractivity (Wildman–Crippen MR) is 134 cm³/mol. The molecule has 2 N–H and O–H groups in total. The molecule has 0 bridgehead atoms. The fraction of sp³-hybridized carbons (Fsp3) is 0.714. The maximum absolute atomic E-state index is 13.7. The van der Waals surface area contributed by atoms with Crippen molar-refractivity contribution in [3.8, 4) is 5.75 Å². The Hall–Kier alpha value is -2.04. The molecule has 1 aliphatic carbocycles. The van der Waals surface area contributed by atoms with Crippen LogP contribution in [0.2, 0.25) is 0 Å². The van der Waals surface area contributed by atoms with E-state index in [0.717, 1.165) is 5.56 Å². The van der Waals surface area contributed by atoms with Crippen LogP contribution in [0.4, 0.5) is 5.69 Å². The van der Waals surface area contributed by atoms with Gasteiger partial charge in [0.25, 0.3) is 0 Å². The van der Waals surface area contributed by atoms with Crippen molar-refractivity contribution in [2.45, 2.75) is 89.0 Å². The molecule has 1 saturated carbocycles. The number of benzene rings is 1. The van der Waals surface area contributed by atoms with Crippen molar-refractivity contribution in [2.24, 2.45) is 32.5 Å². The molecule has 1 fully saturated rings. The van der Waals surface area contributed by atoms with E-state index in [-0.39, 0.29) is 28.2 Å². The number of ether oxygens (including phenoxy) is 2. The number of carbonyl (C=O) groups excluding carboxylic acids is 2. The third-order valence-electron chi connectivity index (χ3n) is 9.46. The van der Waals surface area contributed by atoms with Gasteiger partial charge in [-0.1, -0.05) is 62.3 Å². The van der Waals surface area contributed by atoms with Gasteiger partial charge in [0, 0.05) is 5.69 Å². The summed E-state index contributed by atoms with van der Waals surface area (Å²) in [5.41, 5.74) is 4.54. The summed E-state index contributed by atoms with van der Waals surface area (Å²) < 4.78 is 11.3. The number of hydrogen-bond acceptors (Lipinski definition) is 5. The maximum atomic E-state index is 13.7. The number of esters is 2. The normalized spacial score (nSPS) is 25.6. The zero-order chi connectivity index (χ0) is 25.8. The molecule has 0 radical (unpaired) electrons. The molecule has 0 spiro atoms. The number of aryl methyl sites for hydroxylation is 1. The summed E-state index contributed by atoms with van der Waals surface area (Å²) in [6.45, 7) is 23.0. The van der Waals surface area contributed by atoms with Crippen LogP contribution >= 0.6 is 0 Å². The highest BCUT2D eigenvalue weighted by Gasteiger charge is 2.72. The van der Waals surface area contributed by atoms with Crippen LogP contribution in [0.15, 0.2) is 18.2 Å². The minimum atomic E-state index is -0.759. The average molecular weight is 460 g/mol. The molecule has 1 aliphatic rings. The summed E-state index contributed by atoms with van der Waals surface area (Å²) in [7, 11) is 1.46. The fourth-order valence-corrected chi connectivity index (χ4v) is 5.99. The molecule has 1 unspecified atom stereocenters. The van der Waals surface area contributed by atoms with Crippen LogP contribution in [-0.2, 0) is 14.3 Å². The van der Waals surface area contributed by atoms with Crippen LogP contribution in [0.5, 0.6) is 5.75 Å². The average Bonchev–Trinajstić information content (AvgIpc) is 2.63. The Morgan fingerprint density at radius 3 is 1.88 bits per heavy atom. The molecular formula is C28H45NO4. The fourth-order valence-electron chi connectivity index (χ4n) is 5.99. The minimum Gasteiger partial charge on any atom is -0.469 e. The number of hydrogen-bond donors (Lipinski definition) is 1. The molecule has 0 saturated heterocycles. The molecule has 0 heterocycles. The van der Waals surface area contributed by atoms with E-state index in [1.807, 2.05) is 19.9 Å². The first kappa shape index (κ1) is 27.2. The Balaban J connectivity index is 2.48. The molecule has 186 valence electrons. The lowest BCUT2D eigenvalue weighted by Crippen LogP contribution is -2.67. The highest BCUT2D eigenvalue weighted by atomic mass is 16.5. The van der Waals surface area contributed by atoms with Crippen molar-refractivity contribution >= 4 is 17.6 Å². The Bertz CT molecular complexity index is 926. The van der Waals surface area contributed by atoms with E-state index in [2.05, 4.69) is 62.3 Å². The van der Waals surface area contributed by atoms with Crippen molar-refractivity contribution in [1.29, 1.82) is 0 Å². The summed E-state index contributed by atoms with van der Waals surface area (Å²) in [5.74, 6) is 0.112. The minimum absolute atomic E-state index is 0.213. The van der Waals surface area contributed by atoms with Gasteiger partial charge < -0.3 is 15.2 Å². The Morgan fingerprint density at radius 2 is 1.48 bits per heavy atom. The number of nitrogens with two attached hydrogens (primary N) is 1. The third-order valence-corrected chi connectivity index (χ3v) is 9.46. The molecule has 1 aromatic rings. The van der Waals surface area contributed by atoms with Crippen LogP contribution in [0, 0.1) is 39.4 Å². The van der Waals surface area contributed by atoms with Crippen molar-refractivity contribution < 1.29 is 19.1 Å². The van der Waals surface area contributed by atoms with E-state index in [1.165, 1.54) is 7.11 Å². The van der Waals surface area contributed by atoms with Crippen molar-refractivity contribution in [3.63, 3.8) is 0 Å². The first-order valence-electron chi connectivity index (χ1n) is 11.9. The van der Waals surface area contributed by atoms with Gasteiger partial charge in [-0.25, -0.2) is 0 Å². The molecule has 0 aromatic heterocycles. The van der Waals surface area contributed by atoms with Gasteiger partial charge in [-0.2, -0.15) is 0 Å². The molecule has 5 nitrogen and oxygen atoms in total.